The van der Waals surface area contributed by atoms with E-state index >= 15 is 0 Å². The molecule has 0 spiro atoms. The van der Waals surface area contributed by atoms with Gasteiger partial charge in [-0.25, -0.2) is 0 Å². The van der Waals surface area contributed by atoms with E-state index in [1.165, 1.54) is 0 Å². The topological polar surface area (TPSA) is 40.5 Å². The Balaban J connectivity index is 2.48. The first-order valence-corrected chi connectivity index (χ1v) is 6.40. The Bertz CT molecular complexity index is 314. The van der Waals surface area contributed by atoms with E-state index in [9.17, 15) is 10.2 Å². The lowest BCUT2D eigenvalue weighted by Crippen LogP contribution is -2.37. The molecule has 1 atom stereocenters. The maximum Gasteiger partial charge on any atom is 0.0740 e. The van der Waals surface area contributed by atoms with Gasteiger partial charge in [0.05, 0.1) is 11.2 Å². The van der Waals surface area contributed by atoms with Crippen LogP contribution in [0.25, 0.3) is 0 Å². The number of hydrogen-bond donors (Lipinski definition) is 2. The summed E-state index contributed by atoms with van der Waals surface area (Å²) in [5.74, 6) is 0.584. The molecule has 2 nitrogen and oxygen atoms in total. The van der Waals surface area contributed by atoms with Crippen LogP contribution in [0.2, 0.25) is 0 Å². The van der Waals surface area contributed by atoms with E-state index in [1.54, 1.807) is 32.5 Å². The Morgan fingerprint density at radius 1 is 1.06 bits per heavy atom. The van der Waals surface area contributed by atoms with Gasteiger partial charge in [0.1, 0.15) is 0 Å². The van der Waals surface area contributed by atoms with Gasteiger partial charge in [-0.15, -0.1) is 11.8 Å². The summed E-state index contributed by atoms with van der Waals surface area (Å²) in [4.78, 5) is 1.14. The minimum absolute atomic E-state index is 0.375. The molecule has 0 saturated carbocycles. The number of hydrogen-bond acceptors (Lipinski definition) is 3. The molecule has 90 valence electrons. The van der Waals surface area contributed by atoms with E-state index in [-0.39, 0.29) is 0 Å². The van der Waals surface area contributed by atoms with Crippen molar-refractivity contribution < 1.29 is 10.2 Å². The average molecular weight is 240 g/mol. The van der Waals surface area contributed by atoms with Crippen molar-refractivity contribution >= 4 is 11.8 Å². The van der Waals surface area contributed by atoms with Crippen LogP contribution in [0, 0.1) is 0 Å². The van der Waals surface area contributed by atoms with Crippen LogP contribution < -0.4 is 0 Å². The lowest BCUT2D eigenvalue weighted by Gasteiger charge is -2.29. The molecule has 0 heterocycles. The molecular weight excluding hydrogens is 220 g/mol. The molecule has 0 aliphatic rings. The number of thioether (sulfide) groups is 1. The predicted molar refractivity (Wildman–Crippen MR) is 68.7 cm³/mol. The highest BCUT2D eigenvalue weighted by molar-refractivity contribution is 7.99. The van der Waals surface area contributed by atoms with Crippen LogP contribution in [-0.2, 0) is 0 Å². The minimum Gasteiger partial charge on any atom is -0.390 e. The summed E-state index contributed by atoms with van der Waals surface area (Å²) in [6.07, 6.45) is 0.375. The maximum atomic E-state index is 10.1. The van der Waals surface area contributed by atoms with Gasteiger partial charge in [0, 0.05) is 17.1 Å². The molecule has 0 unspecified atom stereocenters. The number of aliphatic hydroxyl groups is 2. The molecule has 0 aliphatic carbocycles. The summed E-state index contributed by atoms with van der Waals surface area (Å²) >= 11 is 1.61. The summed E-state index contributed by atoms with van der Waals surface area (Å²) < 4.78 is 0. The third-order valence-electron chi connectivity index (χ3n) is 2.11. The smallest absolute Gasteiger partial charge is 0.0740 e. The van der Waals surface area contributed by atoms with E-state index in [0.717, 1.165) is 4.90 Å². The van der Waals surface area contributed by atoms with Crippen LogP contribution in [0.5, 0.6) is 0 Å². The van der Waals surface area contributed by atoms with Gasteiger partial charge in [-0.2, -0.15) is 0 Å². The molecule has 0 aliphatic heterocycles. The van der Waals surface area contributed by atoms with Crippen molar-refractivity contribution in [3.05, 3.63) is 30.3 Å². The fraction of sp³-hybridized carbons (Fsp3) is 0.538. The van der Waals surface area contributed by atoms with Crippen LogP contribution in [0.15, 0.2) is 35.2 Å². The summed E-state index contributed by atoms with van der Waals surface area (Å²) in [5, 5.41) is 19.8. The first kappa shape index (κ1) is 13.6. The molecular formula is C13H20O2S. The zero-order chi connectivity index (χ0) is 12.2. The van der Waals surface area contributed by atoms with Gasteiger partial charge in [0.15, 0.2) is 0 Å². The third-order valence-corrected chi connectivity index (χ3v) is 3.48. The van der Waals surface area contributed by atoms with Crippen molar-refractivity contribution in [1.82, 2.24) is 0 Å². The summed E-state index contributed by atoms with van der Waals surface area (Å²) in [6, 6.07) is 9.97. The quantitative estimate of drug-likeness (QED) is 0.777. The highest BCUT2D eigenvalue weighted by atomic mass is 32.2. The van der Waals surface area contributed by atoms with Crippen molar-refractivity contribution in [2.24, 2.45) is 0 Å². The van der Waals surface area contributed by atoms with E-state index in [1.807, 2.05) is 30.3 Å². The molecule has 1 aromatic carbocycles. The first-order chi connectivity index (χ1) is 7.29. The van der Waals surface area contributed by atoms with Gasteiger partial charge >= 0.3 is 0 Å². The zero-order valence-electron chi connectivity index (χ0n) is 10.1. The molecule has 0 radical (unpaired) electrons. The molecule has 0 fully saturated rings. The molecule has 1 aromatic rings. The Morgan fingerprint density at radius 3 is 2.12 bits per heavy atom. The van der Waals surface area contributed by atoms with E-state index in [4.69, 9.17) is 0 Å². The average Bonchev–Trinajstić information content (AvgIpc) is 2.13. The van der Waals surface area contributed by atoms with Crippen LogP contribution in [-0.4, -0.2) is 27.2 Å². The Labute approximate surface area is 102 Å². The standard InChI is InChI=1S/C13H20O2S/c1-12(2,14)9-13(3,15)10-16-11-7-5-4-6-8-11/h4-8,14-15H,9-10H2,1-3H3/t13-/m0/s1. The van der Waals surface area contributed by atoms with Crippen LogP contribution >= 0.6 is 11.8 Å². The van der Waals surface area contributed by atoms with Gasteiger partial charge in [-0.1, -0.05) is 18.2 Å². The van der Waals surface area contributed by atoms with Crippen LogP contribution in [0.4, 0.5) is 0 Å². The second-order valence-electron chi connectivity index (χ2n) is 5.09. The first-order valence-electron chi connectivity index (χ1n) is 5.41. The largest absolute Gasteiger partial charge is 0.390 e. The highest BCUT2D eigenvalue weighted by Gasteiger charge is 2.28. The molecule has 3 heteroatoms. The molecule has 0 amide bonds. The fourth-order valence-corrected chi connectivity index (χ4v) is 2.67. The molecule has 0 aromatic heterocycles. The molecule has 0 saturated heterocycles. The van der Waals surface area contributed by atoms with Gasteiger partial charge in [-0.3, -0.25) is 0 Å². The monoisotopic (exact) mass is 240 g/mol. The minimum atomic E-state index is -0.848. The Hall–Kier alpha value is -0.510. The third kappa shape index (κ3) is 5.54. The Kier molecular flexibility index (Phi) is 4.42. The fourth-order valence-electron chi connectivity index (χ4n) is 1.74. The Morgan fingerprint density at radius 2 is 1.62 bits per heavy atom. The van der Waals surface area contributed by atoms with Crippen molar-refractivity contribution in [2.75, 3.05) is 5.75 Å². The van der Waals surface area contributed by atoms with E-state index in [0.29, 0.717) is 12.2 Å². The number of rotatable bonds is 5. The van der Waals surface area contributed by atoms with Gasteiger partial charge in [0.2, 0.25) is 0 Å². The maximum absolute atomic E-state index is 10.1. The summed E-state index contributed by atoms with van der Waals surface area (Å²) in [6.45, 7) is 5.20. The second-order valence-corrected chi connectivity index (χ2v) is 6.14. The predicted octanol–water partition coefficient (Wildman–Crippen LogP) is 2.69. The zero-order valence-corrected chi connectivity index (χ0v) is 10.9. The molecule has 2 N–H and O–H groups in total. The van der Waals surface area contributed by atoms with E-state index in [2.05, 4.69) is 0 Å². The SMILES string of the molecule is CC(C)(O)C[C@](C)(O)CSc1ccccc1. The number of benzene rings is 1. The van der Waals surface area contributed by atoms with Gasteiger partial charge < -0.3 is 10.2 Å². The highest BCUT2D eigenvalue weighted by Crippen LogP contribution is 2.27. The van der Waals surface area contributed by atoms with Crippen molar-refractivity contribution in [2.45, 2.75) is 43.3 Å². The lowest BCUT2D eigenvalue weighted by atomic mass is 9.93. The molecule has 0 bridgehead atoms. The summed E-state index contributed by atoms with van der Waals surface area (Å²) in [5.41, 5.74) is -1.68. The molecule has 16 heavy (non-hydrogen) atoms. The van der Waals surface area contributed by atoms with Crippen molar-refractivity contribution in [3.63, 3.8) is 0 Å². The summed E-state index contributed by atoms with van der Waals surface area (Å²) in [7, 11) is 0. The van der Waals surface area contributed by atoms with E-state index < -0.39 is 11.2 Å². The lowest BCUT2D eigenvalue weighted by molar-refractivity contribution is -0.0217. The van der Waals surface area contributed by atoms with Crippen LogP contribution in [0.1, 0.15) is 27.2 Å². The van der Waals surface area contributed by atoms with Crippen molar-refractivity contribution in [3.8, 4) is 0 Å². The van der Waals surface area contributed by atoms with Crippen LogP contribution in [0.3, 0.4) is 0 Å². The molecule has 1 rings (SSSR count). The van der Waals surface area contributed by atoms with Gasteiger partial charge in [-0.05, 0) is 32.9 Å². The normalized spacial score (nSPS) is 15.8. The van der Waals surface area contributed by atoms with Crippen molar-refractivity contribution in [1.29, 1.82) is 0 Å². The van der Waals surface area contributed by atoms with Gasteiger partial charge in [0.25, 0.3) is 0 Å². The second kappa shape index (κ2) is 5.21.